The fourth-order valence-corrected chi connectivity index (χ4v) is 1.68. The predicted molar refractivity (Wildman–Crippen MR) is 58.2 cm³/mol. The molecule has 1 amide bonds. The number of nitrogens with zero attached hydrogens (tertiary/aromatic N) is 1. The third kappa shape index (κ3) is 3.29. The van der Waals surface area contributed by atoms with Gasteiger partial charge in [0, 0.05) is 6.42 Å². The van der Waals surface area contributed by atoms with Crippen LogP contribution in [0.25, 0.3) is 0 Å². The van der Waals surface area contributed by atoms with Gasteiger partial charge in [-0.25, -0.2) is 0 Å². The Morgan fingerprint density at radius 3 is 2.07 bits per heavy atom. The van der Waals surface area contributed by atoms with E-state index < -0.39 is 0 Å². The van der Waals surface area contributed by atoms with Crippen LogP contribution in [0.4, 0.5) is 0 Å². The molecule has 0 aromatic rings. The molecule has 1 aliphatic heterocycles. The first-order chi connectivity index (χ1) is 6.66. The van der Waals surface area contributed by atoms with Crippen molar-refractivity contribution in [2.75, 3.05) is 13.2 Å². The number of hydrogen-bond acceptors (Lipinski definition) is 2. The summed E-state index contributed by atoms with van der Waals surface area (Å²) in [5.41, 5.74) is 0. The summed E-state index contributed by atoms with van der Waals surface area (Å²) >= 11 is 0. The van der Waals surface area contributed by atoms with Crippen molar-refractivity contribution in [1.29, 1.82) is 0 Å². The molecule has 0 spiro atoms. The fourth-order valence-electron chi connectivity index (χ4n) is 1.68. The van der Waals surface area contributed by atoms with Crippen molar-refractivity contribution < 1.29 is 9.53 Å². The van der Waals surface area contributed by atoms with Gasteiger partial charge in [0.1, 0.15) is 0 Å². The minimum atomic E-state index is 0.235. The van der Waals surface area contributed by atoms with Crippen molar-refractivity contribution in [3.63, 3.8) is 0 Å². The van der Waals surface area contributed by atoms with Gasteiger partial charge in [-0.1, -0.05) is 20.8 Å². The first-order valence-electron chi connectivity index (χ1n) is 5.55. The summed E-state index contributed by atoms with van der Waals surface area (Å²) in [6.45, 7) is 11.3. The summed E-state index contributed by atoms with van der Waals surface area (Å²) in [6.07, 6.45) is 0.592. The molecule has 0 radical (unpaired) electrons. The second-order valence-corrected chi connectivity index (χ2v) is 3.39. The van der Waals surface area contributed by atoms with Crippen LogP contribution in [0.5, 0.6) is 0 Å². The number of morpholine rings is 1. The van der Waals surface area contributed by atoms with Crippen molar-refractivity contribution in [3.8, 4) is 0 Å². The highest BCUT2D eigenvalue weighted by Crippen LogP contribution is 2.13. The van der Waals surface area contributed by atoms with Crippen LogP contribution in [0.1, 0.15) is 41.0 Å². The molecule has 1 saturated heterocycles. The lowest BCUT2D eigenvalue weighted by Crippen LogP contribution is -2.52. The molecule has 2 atom stereocenters. The van der Waals surface area contributed by atoms with Crippen LogP contribution in [0.15, 0.2) is 0 Å². The minimum Gasteiger partial charge on any atom is -0.377 e. The van der Waals surface area contributed by atoms with Crippen LogP contribution in [0, 0.1) is 0 Å². The van der Waals surface area contributed by atoms with Gasteiger partial charge in [-0.3, -0.25) is 4.79 Å². The van der Waals surface area contributed by atoms with Gasteiger partial charge in [-0.2, -0.15) is 0 Å². The van der Waals surface area contributed by atoms with Crippen LogP contribution in [0.2, 0.25) is 0 Å². The second kappa shape index (κ2) is 6.82. The SMILES string of the molecule is CC.CCC(=O)N1C(C)COCC1C. The fraction of sp³-hybridized carbons (Fsp3) is 0.909. The maximum atomic E-state index is 11.5. The molecule has 0 saturated carbocycles. The molecule has 2 unspecified atom stereocenters. The quantitative estimate of drug-likeness (QED) is 0.650. The Hall–Kier alpha value is -0.570. The van der Waals surface area contributed by atoms with Gasteiger partial charge in [-0.05, 0) is 13.8 Å². The summed E-state index contributed by atoms with van der Waals surface area (Å²) in [5.74, 6) is 0.235. The molecule has 3 nitrogen and oxygen atoms in total. The van der Waals surface area contributed by atoms with Crippen LogP contribution in [0.3, 0.4) is 0 Å². The lowest BCUT2D eigenvalue weighted by atomic mass is 10.1. The van der Waals surface area contributed by atoms with Crippen LogP contribution >= 0.6 is 0 Å². The van der Waals surface area contributed by atoms with Crippen molar-refractivity contribution in [3.05, 3.63) is 0 Å². The molecule has 1 heterocycles. The summed E-state index contributed by atoms with van der Waals surface area (Å²) in [4.78, 5) is 13.4. The average molecular weight is 201 g/mol. The Bertz CT molecular complexity index is 161. The number of amides is 1. The first-order valence-corrected chi connectivity index (χ1v) is 5.55. The number of carbonyl (C=O) groups is 1. The largest absolute Gasteiger partial charge is 0.377 e. The molecule has 0 aliphatic carbocycles. The number of carbonyl (C=O) groups excluding carboxylic acids is 1. The molecule has 0 N–H and O–H groups in total. The van der Waals surface area contributed by atoms with Crippen molar-refractivity contribution in [1.82, 2.24) is 4.90 Å². The summed E-state index contributed by atoms with van der Waals surface area (Å²) < 4.78 is 5.33. The van der Waals surface area contributed by atoms with E-state index in [9.17, 15) is 4.79 Å². The lowest BCUT2D eigenvalue weighted by molar-refractivity contribution is -0.143. The smallest absolute Gasteiger partial charge is 0.222 e. The van der Waals surface area contributed by atoms with E-state index in [2.05, 4.69) is 0 Å². The van der Waals surface area contributed by atoms with Crippen molar-refractivity contribution in [2.24, 2.45) is 0 Å². The maximum absolute atomic E-state index is 11.5. The normalized spacial score (nSPS) is 26.5. The average Bonchev–Trinajstić information content (AvgIpc) is 2.20. The molecule has 3 heteroatoms. The van der Waals surface area contributed by atoms with Crippen molar-refractivity contribution >= 4 is 5.91 Å². The van der Waals surface area contributed by atoms with E-state index in [1.807, 2.05) is 39.5 Å². The number of ether oxygens (including phenoxy) is 1. The van der Waals surface area contributed by atoms with Gasteiger partial charge in [0.25, 0.3) is 0 Å². The van der Waals surface area contributed by atoms with E-state index in [-0.39, 0.29) is 18.0 Å². The molecule has 0 bridgehead atoms. The predicted octanol–water partition coefficient (Wildman–Crippen LogP) is 2.06. The summed E-state index contributed by atoms with van der Waals surface area (Å²) in [5, 5.41) is 0. The zero-order valence-electron chi connectivity index (χ0n) is 10.0. The molecule has 14 heavy (non-hydrogen) atoms. The highest BCUT2D eigenvalue weighted by Gasteiger charge is 2.28. The van der Waals surface area contributed by atoms with E-state index in [4.69, 9.17) is 4.74 Å². The third-order valence-electron chi connectivity index (χ3n) is 2.26. The van der Waals surface area contributed by atoms with Gasteiger partial charge in [0.05, 0.1) is 25.3 Å². The summed E-state index contributed by atoms with van der Waals surface area (Å²) in [7, 11) is 0. The van der Waals surface area contributed by atoms with Gasteiger partial charge < -0.3 is 9.64 Å². The minimum absolute atomic E-state index is 0.235. The van der Waals surface area contributed by atoms with Gasteiger partial charge >= 0.3 is 0 Å². The van der Waals surface area contributed by atoms with Gasteiger partial charge in [-0.15, -0.1) is 0 Å². The molecule has 0 aromatic heterocycles. The Labute approximate surface area is 87.4 Å². The second-order valence-electron chi connectivity index (χ2n) is 3.39. The van der Waals surface area contributed by atoms with Crippen LogP contribution < -0.4 is 0 Å². The van der Waals surface area contributed by atoms with E-state index >= 15 is 0 Å². The Morgan fingerprint density at radius 2 is 1.71 bits per heavy atom. The third-order valence-corrected chi connectivity index (χ3v) is 2.26. The van der Waals surface area contributed by atoms with E-state index in [1.54, 1.807) is 0 Å². The Kier molecular flexibility index (Phi) is 6.54. The standard InChI is InChI=1S/C9H17NO2.C2H6/c1-4-9(11)10-7(2)5-12-6-8(10)3;1-2/h7-8H,4-6H2,1-3H3;1-2H3. The number of hydrogen-bond donors (Lipinski definition) is 0. The Morgan fingerprint density at radius 1 is 1.29 bits per heavy atom. The highest BCUT2D eigenvalue weighted by molar-refractivity contribution is 5.76. The topological polar surface area (TPSA) is 29.5 Å². The Balaban J connectivity index is 0.000000791. The molecular formula is C11H23NO2. The van der Waals surface area contributed by atoms with Crippen LogP contribution in [-0.4, -0.2) is 36.1 Å². The maximum Gasteiger partial charge on any atom is 0.222 e. The van der Waals surface area contributed by atoms with E-state index in [0.717, 1.165) is 0 Å². The number of rotatable bonds is 1. The highest BCUT2D eigenvalue weighted by atomic mass is 16.5. The monoisotopic (exact) mass is 201 g/mol. The van der Waals surface area contributed by atoms with E-state index in [0.29, 0.717) is 19.6 Å². The first kappa shape index (κ1) is 13.4. The molecule has 1 rings (SSSR count). The molecule has 0 aromatic carbocycles. The zero-order valence-corrected chi connectivity index (χ0v) is 10.0. The zero-order chi connectivity index (χ0) is 11.1. The van der Waals surface area contributed by atoms with Crippen molar-refractivity contribution in [2.45, 2.75) is 53.1 Å². The van der Waals surface area contributed by atoms with Gasteiger partial charge in [0.15, 0.2) is 0 Å². The van der Waals surface area contributed by atoms with Gasteiger partial charge in [0.2, 0.25) is 5.91 Å². The van der Waals surface area contributed by atoms with E-state index in [1.165, 1.54) is 0 Å². The lowest BCUT2D eigenvalue weighted by Gasteiger charge is -2.38. The molecular weight excluding hydrogens is 178 g/mol. The molecule has 1 aliphatic rings. The van der Waals surface area contributed by atoms with Crippen LogP contribution in [-0.2, 0) is 9.53 Å². The molecule has 84 valence electrons. The molecule has 1 fully saturated rings. The summed E-state index contributed by atoms with van der Waals surface area (Å²) in [6, 6.07) is 0.474.